The minimum absolute atomic E-state index is 0.118. The van der Waals surface area contributed by atoms with Crippen molar-refractivity contribution in [3.63, 3.8) is 0 Å². The number of fused-ring (bicyclic) bond motifs is 2. The summed E-state index contributed by atoms with van der Waals surface area (Å²) >= 11 is 0. The van der Waals surface area contributed by atoms with E-state index in [4.69, 9.17) is 0 Å². The van der Waals surface area contributed by atoms with Crippen molar-refractivity contribution in [1.82, 2.24) is 19.9 Å². The van der Waals surface area contributed by atoms with Crippen LogP contribution in [0.1, 0.15) is 19.8 Å². The molecule has 1 amide bonds. The van der Waals surface area contributed by atoms with Gasteiger partial charge in [0.2, 0.25) is 5.91 Å². The van der Waals surface area contributed by atoms with Gasteiger partial charge in [-0.2, -0.15) is 0 Å². The van der Waals surface area contributed by atoms with E-state index in [0.29, 0.717) is 12.0 Å². The molecule has 23 heavy (non-hydrogen) atoms. The molecule has 2 saturated heterocycles. The molecule has 6 heteroatoms. The Bertz CT molecular complexity index is 752. The van der Waals surface area contributed by atoms with E-state index < -0.39 is 0 Å². The molecular formula is C17H21N5O. The lowest BCUT2D eigenvalue weighted by atomic mass is 9.92. The Morgan fingerprint density at radius 2 is 2.22 bits per heavy atom. The summed E-state index contributed by atoms with van der Waals surface area (Å²) in [7, 11) is 0. The third-order valence-electron chi connectivity index (χ3n) is 5.09. The number of nitrogens with zero attached hydrogens (tertiary/aromatic N) is 4. The molecular weight excluding hydrogens is 290 g/mol. The number of hydrogen-bond acceptors (Lipinski definition) is 4. The summed E-state index contributed by atoms with van der Waals surface area (Å²) in [6.45, 7) is 4.53. The van der Waals surface area contributed by atoms with E-state index in [9.17, 15) is 4.79 Å². The zero-order valence-electron chi connectivity index (χ0n) is 13.3. The van der Waals surface area contributed by atoms with Crippen molar-refractivity contribution in [1.29, 1.82) is 0 Å². The van der Waals surface area contributed by atoms with Crippen molar-refractivity contribution >= 4 is 22.8 Å². The van der Waals surface area contributed by atoms with Crippen LogP contribution in [0.25, 0.3) is 11.0 Å². The molecule has 0 unspecified atom stereocenters. The molecule has 4 rings (SSSR count). The Morgan fingerprint density at radius 1 is 1.35 bits per heavy atom. The van der Waals surface area contributed by atoms with Crippen molar-refractivity contribution in [2.24, 2.45) is 5.92 Å². The summed E-state index contributed by atoms with van der Waals surface area (Å²) in [5.74, 6) is 1.75. The highest BCUT2D eigenvalue weighted by Crippen LogP contribution is 2.36. The van der Waals surface area contributed by atoms with Gasteiger partial charge >= 0.3 is 0 Å². The van der Waals surface area contributed by atoms with E-state index in [1.54, 1.807) is 12.4 Å². The number of hydrogen-bond donors (Lipinski definition) is 1. The number of carbonyl (C=O) groups is 1. The third-order valence-corrected chi connectivity index (χ3v) is 5.09. The van der Waals surface area contributed by atoms with Crippen molar-refractivity contribution in [3.8, 4) is 0 Å². The fraction of sp³-hybridized carbons (Fsp3) is 0.471. The Morgan fingerprint density at radius 3 is 3.09 bits per heavy atom. The number of anilines is 1. The van der Waals surface area contributed by atoms with Crippen LogP contribution in [-0.2, 0) is 4.79 Å². The van der Waals surface area contributed by atoms with Gasteiger partial charge < -0.3 is 14.8 Å². The summed E-state index contributed by atoms with van der Waals surface area (Å²) < 4.78 is 0. The molecule has 4 heterocycles. The first-order chi connectivity index (χ1) is 11.3. The monoisotopic (exact) mass is 311 g/mol. The van der Waals surface area contributed by atoms with Crippen LogP contribution >= 0.6 is 0 Å². The number of carbonyl (C=O) groups excluding carboxylic acids is 1. The normalized spacial score (nSPS) is 24.6. The molecule has 0 saturated carbocycles. The molecule has 2 aliphatic heterocycles. The molecule has 1 N–H and O–H groups in total. The Hall–Kier alpha value is -2.37. The Kier molecular flexibility index (Phi) is 3.52. The van der Waals surface area contributed by atoms with Crippen molar-refractivity contribution in [3.05, 3.63) is 30.7 Å². The largest absolute Gasteiger partial charge is 0.351 e. The first-order valence-electron chi connectivity index (χ1n) is 8.24. The second-order valence-corrected chi connectivity index (χ2v) is 6.32. The van der Waals surface area contributed by atoms with Crippen molar-refractivity contribution in [2.75, 3.05) is 24.5 Å². The van der Waals surface area contributed by atoms with Gasteiger partial charge in [0.15, 0.2) is 0 Å². The Balaban J connectivity index is 1.63. The van der Waals surface area contributed by atoms with Gasteiger partial charge in [0.25, 0.3) is 0 Å². The maximum absolute atomic E-state index is 12.2. The van der Waals surface area contributed by atoms with Crippen LogP contribution in [0.4, 0.5) is 5.82 Å². The maximum Gasteiger partial charge on any atom is 0.246 e. The number of rotatable bonds is 2. The molecule has 2 aromatic rings. The van der Waals surface area contributed by atoms with Gasteiger partial charge in [-0.3, -0.25) is 4.79 Å². The molecule has 2 fully saturated rings. The highest BCUT2D eigenvalue weighted by molar-refractivity contribution is 5.88. The standard InChI is InChI=1S/C17H21N5O/c1-2-3-15(23)21-8-5-12-6-9-22(14(12)10-21)17-13-4-7-18-16(13)19-11-20-17/h2-4,7,11-12,14H,5-6,8-10H2,1H3,(H,18,19,20)/b3-2+/t12-,14+/m0/s1. The van der Waals surface area contributed by atoms with Gasteiger partial charge in [-0.05, 0) is 37.8 Å². The van der Waals surface area contributed by atoms with Crippen molar-refractivity contribution in [2.45, 2.75) is 25.8 Å². The van der Waals surface area contributed by atoms with Crippen LogP contribution in [0.15, 0.2) is 30.7 Å². The molecule has 2 aliphatic rings. The van der Waals surface area contributed by atoms with Gasteiger partial charge in [-0.1, -0.05) is 6.08 Å². The second-order valence-electron chi connectivity index (χ2n) is 6.32. The zero-order chi connectivity index (χ0) is 15.8. The van der Waals surface area contributed by atoms with Crippen molar-refractivity contribution < 1.29 is 4.79 Å². The van der Waals surface area contributed by atoms with E-state index in [0.717, 1.165) is 42.9 Å². The average molecular weight is 311 g/mol. The number of piperidine rings is 1. The maximum atomic E-state index is 12.2. The van der Waals surface area contributed by atoms with Gasteiger partial charge in [0.1, 0.15) is 17.8 Å². The van der Waals surface area contributed by atoms with Crippen LogP contribution in [0.3, 0.4) is 0 Å². The summed E-state index contributed by atoms with van der Waals surface area (Å²) in [5.41, 5.74) is 0.871. The number of amides is 1. The number of aromatic amines is 1. The first kappa shape index (κ1) is 14.2. The average Bonchev–Trinajstić information content (AvgIpc) is 3.20. The molecule has 2 aromatic heterocycles. The number of aromatic nitrogens is 3. The lowest BCUT2D eigenvalue weighted by molar-refractivity contribution is -0.127. The second kappa shape index (κ2) is 5.68. The fourth-order valence-corrected chi connectivity index (χ4v) is 3.94. The van der Waals surface area contributed by atoms with Gasteiger partial charge in [0.05, 0.1) is 11.4 Å². The van der Waals surface area contributed by atoms with Crippen LogP contribution in [0.5, 0.6) is 0 Å². The Labute approximate surface area is 135 Å². The SMILES string of the molecule is C/C=C/C(=O)N1CC[C@H]2CCN(c3ncnc4[nH]ccc34)[C@@H]2C1. The lowest BCUT2D eigenvalue weighted by Crippen LogP contribution is -2.50. The van der Waals surface area contributed by atoms with Crippen LogP contribution < -0.4 is 4.90 Å². The number of nitrogens with one attached hydrogen (secondary N) is 1. The highest BCUT2D eigenvalue weighted by atomic mass is 16.2. The van der Waals surface area contributed by atoms with E-state index >= 15 is 0 Å². The highest BCUT2D eigenvalue weighted by Gasteiger charge is 2.40. The van der Waals surface area contributed by atoms with E-state index in [2.05, 4.69) is 19.9 Å². The number of H-pyrrole nitrogens is 1. The van der Waals surface area contributed by atoms with Crippen LogP contribution in [-0.4, -0.2) is 51.4 Å². The first-order valence-corrected chi connectivity index (χ1v) is 8.24. The zero-order valence-corrected chi connectivity index (χ0v) is 13.3. The smallest absolute Gasteiger partial charge is 0.246 e. The van der Waals surface area contributed by atoms with Crippen LogP contribution in [0.2, 0.25) is 0 Å². The molecule has 6 nitrogen and oxygen atoms in total. The van der Waals surface area contributed by atoms with E-state index in [1.165, 1.54) is 6.42 Å². The molecule has 2 atom stereocenters. The third kappa shape index (κ3) is 2.38. The quantitative estimate of drug-likeness (QED) is 0.861. The summed E-state index contributed by atoms with van der Waals surface area (Å²) in [4.78, 5) is 28.5. The molecule has 0 aliphatic carbocycles. The summed E-state index contributed by atoms with van der Waals surface area (Å²) in [5, 5.41) is 1.06. The fourth-order valence-electron chi connectivity index (χ4n) is 3.94. The molecule has 120 valence electrons. The molecule has 0 radical (unpaired) electrons. The van der Waals surface area contributed by atoms with Gasteiger partial charge in [0, 0.05) is 25.8 Å². The predicted octanol–water partition coefficient (Wildman–Crippen LogP) is 1.96. The summed E-state index contributed by atoms with van der Waals surface area (Å²) in [6, 6.07) is 2.38. The molecule has 0 spiro atoms. The minimum atomic E-state index is 0.118. The van der Waals surface area contributed by atoms with Crippen LogP contribution in [0, 0.1) is 5.92 Å². The lowest BCUT2D eigenvalue weighted by Gasteiger charge is -2.38. The van der Waals surface area contributed by atoms with Gasteiger partial charge in [-0.15, -0.1) is 0 Å². The van der Waals surface area contributed by atoms with E-state index in [1.807, 2.05) is 30.2 Å². The minimum Gasteiger partial charge on any atom is -0.351 e. The molecule has 0 aromatic carbocycles. The number of allylic oxidation sites excluding steroid dienone is 1. The predicted molar refractivity (Wildman–Crippen MR) is 89.1 cm³/mol. The van der Waals surface area contributed by atoms with Gasteiger partial charge in [-0.25, -0.2) is 9.97 Å². The topological polar surface area (TPSA) is 65.1 Å². The van der Waals surface area contributed by atoms with E-state index in [-0.39, 0.29) is 5.91 Å². The molecule has 0 bridgehead atoms. The number of likely N-dealkylation sites (tertiary alicyclic amines) is 1. The summed E-state index contributed by atoms with van der Waals surface area (Å²) in [6.07, 6.45) is 9.24.